The predicted octanol–water partition coefficient (Wildman–Crippen LogP) is 5.80. The van der Waals surface area contributed by atoms with Crippen molar-refractivity contribution in [3.05, 3.63) is 110 Å². The van der Waals surface area contributed by atoms with Gasteiger partial charge in [-0.25, -0.2) is 0 Å². The van der Waals surface area contributed by atoms with Crippen LogP contribution in [0.3, 0.4) is 0 Å². The molecule has 3 aromatic rings. The minimum atomic E-state index is 0. The molecule has 31 heavy (non-hydrogen) atoms. The van der Waals surface area contributed by atoms with Gasteiger partial charge in [-0.3, -0.25) is 0 Å². The molecule has 0 bridgehead atoms. The van der Waals surface area contributed by atoms with E-state index < -0.39 is 0 Å². The molecule has 0 atom stereocenters. The number of anilines is 3. The van der Waals surface area contributed by atoms with Gasteiger partial charge in [-0.1, -0.05) is 53.5 Å². The molecule has 0 aliphatic heterocycles. The van der Waals surface area contributed by atoms with Crippen molar-refractivity contribution in [2.45, 2.75) is 0 Å². The van der Waals surface area contributed by atoms with Crippen LogP contribution in [-0.2, 0) is 0 Å². The number of rotatable bonds is 3. The normalized spacial score (nSPS) is 9.10. The van der Waals surface area contributed by atoms with Crippen molar-refractivity contribution in [3.8, 4) is 0 Å². The van der Waals surface area contributed by atoms with E-state index >= 15 is 0 Å². The zero-order valence-corrected chi connectivity index (χ0v) is 23.1. The van der Waals surface area contributed by atoms with Gasteiger partial charge in [0.05, 0.1) is 0 Å². The van der Waals surface area contributed by atoms with Gasteiger partial charge in [0.1, 0.15) is 0 Å². The summed E-state index contributed by atoms with van der Waals surface area (Å²) in [7, 11) is 12.1. The fourth-order valence-electron chi connectivity index (χ4n) is 2.84. The third-order valence-corrected chi connectivity index (χ3v) is 4.42. The van der Waals surface area contributed by atoms with E-state index in [1.165, 1.54) is 17.1 Å². The molecular formula is C27H36N3Nd. The first kappa shape index (κ1) is 29.0. The fraction of sp³-hybridized carbons (Fsp3) is 0.222. The number of hydrogen-bond donors (Lipinski definition) is 0. The summed E-state index contributed by atoms with van der Waals surface area (Å²) in [5.41, 5.74) is 6.78. The number of nitrogens with zero attached hydrogens (tertiary/aromatic N) is 3. The van der Waals surface area contributed by atoms with E-state index in [-0.39, 0.29) is 40.8 Å². The summed E-state index contributed by atoms with van der Waals surface area (Å²) in [6, 6.07) is 24.2. The first-order valence-electron chi connectivity index (χ1n) is 9.90. The van der Waals surface area contributed by atoms with Crippen LogP contribution in [-0.4, -0.2) is 42.3 Å². The van der Waals surface area contributed by atoms with Crippen molar-refractivity contribution in [2.24, 2.45) is 0 Å². The maximum atomic E-state index is 3.90. The Morgan fingerprint density at radius 3 is 0.742 bits per heavy atom. The molecule has 0 fully saturated rings. The molecule has 163 valence electrons. The summed E-state index contributed by atoms with van der Waals surface area (Å²) in [5, 5.41) is 0. The molecular weight excluding hydrogens is 511 g/mol. The Morgan fingerprint density at radius 2 is 0.613 bits per heavy atom. The van der Waals surface area contributed by atoms with E-state index in [9.17, 15) is 0 Å². The topological polar surface area (TPSA) is 9.72 Å². The molecule has 0 saturated carbocycles. The molecule has 0 amide bonds. The number of para-hydroxylation sites is 3. The zero-order chi connectivity index (χ0) is 22.7. The van der Waals surface area contributed by atoms with Crippen LogP contribution in [0.25, 0.3) is 0 Å². The number of benzene rings is 3. The second kappa shape index (κ2) is 14.9. The Bertz CT molecular complexity index is 771. The van der Waals surface area contributed by atoms with Gasteiger partial charge in [0.15, 0.2) is 0 Å². The molecule has 3 nitrogen and oxygen atoms in total. The first-order valence-corrected chi connectivity index (χ1v) is 9.90. The second-order valence-corrected chi connectivity index (χ2v) is 7.57. The van der Waals surface area contributed by atoms with Gasteiger partial charge in [-0.15, -0.1) is 18.2 Å². The Morgan fingerprint density at radius 1 is 0.419 bits per heavy atom. The summed E-state index contributed by atoms with van der Waals surface area (Å²) >= 11 is 0. The predicted molar refractivity (Wildman–Crippen MR) is 136 cm³/mol. The minimum Gasteiger partial charge on any atom is -0.428 e. The summed E-state index contributed by atoms with van der Waals surface area (Å²) in [6.45, 7) is 11.7. The van der Waals surface area contributed by atoms with Crippen molar-refractivity contribution >= 4 is 17.1 Å². The van der Waals surface area contributed by atoms with E-state index in [4.69, 9.17) is 0 Å². The second-order valence-electron chi connectivity index (χ2n) is 7.57. The van der Waals surface area contributed by atoms with Crippen LogP contribution in [0.15, 0.2) is 72.8 Å². The fourth-order valence-corrected chi connectivity index (χ4v) is 2.84. The van der Waals surface area contributed by atoms with Gasteiger partial charge >= 0.3 is 40.8 Å². The van der Waals surface area contributed by atoms with Crippen LogP contribution in [0.5, 0.6) is 0 Å². The maximum absolute atomic E-state index is 3.90. The van der Waals surface area contributed by atoms with Crippen LogP contribution in [0.1, 0.15) is 16.7 Å². The molecule has 3 rings (SSSR count). The number of hydrogen-bond acceptors (Lipinski definition) is 3. The van der Waals surface area contributed by atoms with Gasteiger partial charge in [0.25, 0.3) is 0 Å². The third-order valence-electron chi connectivity index (χ3n) is 4.42. The summed E-state index contributed by atoms with van der Waals surface area (Å²) in [6.07, 6.45) is 0. The Balaban J connectivity index is 0.000000429. The SMILES string of the molecule is [CH2-]c1ccccc1N(C)C.[CH2-]c1ccccc1N(C)C.[CH2-]c1ccccc1N(C)C.[Nd+3]. The summed E-state index contributed by atoms with van der Waals surface area (Å²) in [4.78, 5) is 6.17. The van der Waals surface area contributed by atoms with Crippen molar-refractivity contribution < 1.29 is 40.8 Å². The average Bonchev–Trinajstić information content (AvgIpc) is 2.69. The maximum Gasteiger partial charge on any atom is 3.00 e. The molecule has 1 radical (unpaired) electrons. The van der Waals surface area contributed by atoms with Gasteiger partial charge in [-0.05, 0) is 42.3 Å². The molecule has 4 heteroatoms. The molecule has 3 aromatic carbocycles. The van der Waals surface area contributed by atoms with E-state index in [2.05, 4.69) is 53.7 Å². The van der Waals surface area contributed by atoms with E-state index in [0.717, 1.165) is 16.7 Å². The van der Waals surface area contributed by atoms with E-state index in [1.807, 2.05) is 96.9 Å². The summed E-state index contributed by atoms with van der Waals surface area (Å²) < 4.78 is 0. The molecule has 0 saturated heterocycles. The van der Waals surface area contributed by atoms with Crippen molar-refractivity contribution in [1.29, 1.82) is 0 Å². The Hall–Kier alpha value is -1.98. The van der Waals surface area contributed by atoms with E-state index in [0.29, 0.717) is 0 Å². The summed E-state index contributed by atoms with van der Waals surface area (Å²) in [5.74, 6) is 0. The molecule has 0 unspecified atom stereocenters. The molecule has 0 aromatic heterocycles. The monoisotopic (exact) mass is 544 g/mol. The van der Waals surface area contributed by atoms with Gasteiger partial charge in [0, 0.05) is 0 Å². The molecule has 0 spiro atoms. The minimum absolute atomic E-state index is 0. The van der Waals surface area contributed by atoms with Crippen molar-refractivity contribution in [2.75, 3.05) is 57.0 Å². The Kier molecular flexibility index (Phi) is 14.0. The third kappa shape index (κ3) is 10.3. The quantitative estimate of drug-likeness (QED) is 0.384. The van der Waals surface area contributed by atoms with Crippen LogP contribution < -0.4 is 14.7 Å². The smallest absolute Gasteiger partial charge is 0.428 e. The van der Waals surface area contributed by atoms with Crippen LogP contribution >= 0.6 is 0 Å². The zero-order valence-electron chi connectivity index (χ0n) is 19.9. The average molecular weight is 547 g/mol. The van der Waals surface area contributed by atoms with Crippen molar-refractivity contribution in [1.82, 2.24) is 0 Å². The molecule has 0 aliphatic rings. The van der Waals surface area contributed by atoms with Crippen LogP contribution in [0, 0.1) is 61.6 Å². The van der Waals surface area contributed by atoms with Gasteiger partial charge in [0.2, 0.25) is 0 Å². The van der Waals surface area contributed by atoms with Crippen LogP contribution in [0.2, 0.25) is 0 Å². The van der Waals surface area contributed by atoms with Crippen LogP contribution in [0.4, 0.5) is 17.1 Å². The van der Waals surface area contributed by atoms with Gasteiger partial charge in [-0.2, -0.15) is 55.7 Å². The Labute approximate surface area is 223 Å². The van der Waals surface area contributed by atoms with Crippen molar-refractivity contribution in [3.63, 3.8) is 0 Å². The molecule has 0 N–H and O–H groups in total. The standard InChI is InChI=1S/3C9H12N.Nd/c3*1-8-6-4-5-7-9(8)10(2)3;/h3*4-7H,1H2,2-3H3;/q3*-1;+3. The molecule has 0 aliphatic carbocycles. The molecule has 0 heterocycles. The van der Waals surface area contributed by atoms with Gasteiger partial charge < -0.3 is 14.7 Å². The largest absolute Gasteiger partial charge is 3.00 e. The van der Waals surface area contributed by atoms with E-state index in [1.54, 1.807) is 0 Å². The first-order chi connectivity index (χ1) is 14.1.